The van der Waals surface area contributed by atoms with Crippen molar-refractivity contribution in [2.45, 2.75) is 0 Å². The molecule has 4 rings (SSSR count). The highest BCUT2D eigenvalue weighted by Crippen LogP contribution is 2.28. The smallest absolute Gasteiger partial charge is 0.338 e. The van der Waals surface area contributed by atoms with Gasteiger partial charge in [0.05, 0.1) is 28.1 Å². The summed E-state index contributed by atoms with van der Waals surface area (Å²) in [6.45, 7) is -0.758. The topological polar surface area (TPSA) is 92.8 Å². The quantitative estimate of drug-likeness (QED) is 0.488. The van der Waals surface area contributed by atoms with Crippen molar-refractivity contribution in [3.8, 4) is 0 Å². The highest BCUT2D eigenvalue weighted by Gasteiger charge is 2.36. The fourth-order valence-electron chi connectivity index (χ4n) is 3.19. The van der Waals surface area contributed by atoms with Crippen LogP contribution in [0.15, 0.2) is 66.7 Å². The maximum atomic E-state index is 13.6. The summed E-state index contributed by atoms with van der Waals surface area (Å²) in [6.07, 6.45) is 0. The van der Waals surface area contributed by atoms with Gasteiger partial charge in [-0.25, -0.2) is 18.5 Å². The first-order valence-corrected chi connectivity index (χ1v) is 9.35. The van der Waals surface area contributed by atoms with Crippen molar-refractivity contribution in [3.05, 3.63) is 95.1 Å². The largest absolute Gasteiger partial charge is 0.452 e. The van der Waals surface area contributed by atoms with Gasteiger partial charge >= 0.3 is 5.97 Å². The fraction of sp³-hybridized carbons (Fsp3) is 0.0435. The van der Waals surface area contributed by atoms with Crippen LogP contribution >= 0.6 is 0 Å². The Morgan fingerprint density at radius 1 is 0.875 bits per heavy atom. The van der Waals surface area contributed by atoms with E-state index in [0.29, 0.717) is 0 Å². The highest BCUT2D eigenvalue weighted by atomic mass is 19.1. The van der Waals surface area contributed by atoms with E-state index in [-0.39, 0.29) is 22.4 Å². The van der Waals surface area contributed by atoms with Crippen LogP contribution in [-0.4, -0.2) is 30.3 Å². The van der Waals surface area contributed by atoms with Crippen LogP contribution in [0.3, 0.4) is 0 Å². The summed E-state index contributed by atoms with van der Waals surface area (Å²) in [6, 6.07) is 14.5. The van der Waals surface area contributed by atoms with Crippen LogP contribution < -0.4 is 10.2 Å². The van der Waals surface area contributed by atoms with E-state index in [1.807, 2.05) is 0 Å². The Hall–Kier alpha value is -4.40. The molecule has 3 amide bonds. The monoisotopic (exact) mass is 436 g/mol. The number of hydrogen-bond acceptors (Lipinski definition) is 5. The molecule has 1 aliphatic rings. The molecule has 0 aromatic heterocycles. The Morgan fingerprint density at radius 2 is 1.56 bits per heavy atom. The van der Waals surface area contributed by atoms with Gasteiger partial charge in [0.15, 0.2) is 6.61 Å². The first-order valence-electron chi connectivity index (χ1n) is 9.35. The van der Waals surface area contributed by atoms with Crippen LogP contribution in [-0.2, 0) is 9.53 Å². The number of fused-ring (bicyclic) bond motifs is 1. The third-order valence-electron chi connectivity index (χ3n) is 4.67. The number of hydrogen-bond donors (Lipinski definition) is 1. The molecule has 0 unspecified atom stereocenters. The van der Waals surface area contributed by atoms with E-state index in [4.69, 9.17) is 4.74 Å². The van der Waals surface area contributed by atoms with Crippen LogP contribution in [0.25, 0.3) is 0 Å². The molecule has 0 aliphatic carbocycles. The number of ether oxygens (including phenoxy) is 1. The van der Waals surface area contributed by atoms with E-state index in [1.54, 1.807) is 12.1 Å². The first kappa shape index (κ1) is 20.9. The standard InChI is InChI=1S/C23H14F2N2O5/c24-14-8-9-18(25)19(11-14)26-20(28)12-32-23(31)13-4-3-5-15(10-13)27-21(29)16-6-1-2-7-17(16)22(27)30/h1-11H,12H2,(H,26,28). The number of amides is 3. The van der Waals surface area contributed by atoms with Crippen molar-refractivity contribution >= 4 is 35.1 Å². The summed E-state index contributed by atoms with van der Waals surface area (Å²) in [5, 5.41) is 2.11. The predicted molar refractivity (Wildman–Crippen MR) is 109 cm³/mol. The lowest BCUT2D eigenvalue weighted by Gasteiger charge is -2.15. The first-order chi connectivity index (χ1) is 15.3. The van der Waals surface area contributed by atoms with Gasteiger partial charge in [-0.2, -0.15) is 0 Å². The summed E-state index contributed by atoms with van der Waals surface area (Å²) in [5.74, 6) is -4.42. The van der Waals surface area contributed by atoms with Gasteiger partial charge in [-0.1, -0.05) is 18.2 Å². The van der Waals surface area contributed by atoms with E-state index >= 15 is 0 Å². The molecule has 0 spiro atoms. The predicted octanol–water partition coefficient (Wildman–Crippen LogP) is 3.56. The molecule has 3 aromatic carbocycles. The fourth-order valence-corrected chi connectivity index (χ4v) is 3.19. The molecule has 1 N–H and O–H groups in total. The molecule has 160 valence electrons. The third kappa shape index (κ3) is 3.95. The molecule has 0 saturated carbocycles. The van der Waals surface area contributed by atoms with Crippen molar-refractivity contribution in [1.82, 2.24) is 0 Å². The van der Waals surface area contributed by atoms with Gasteiger partial charge in [0.1, 0.15) is 11.6 Å². The van der Waals surface area contributed by atoms with E-state index < -0.39 is 47.6 Å². The Labute approximate surface area is 180 Å². The molecule has 9 heteroatoms. The van der Waals surface area contributed by atoms with Crippen LogP contribution in [0.1, 0.15) is 31.1 Å². The van der Waals surface area contributed by atoms with E-state index in [1.165, 1.54) is 36.4 Å². The van der Waals surface area contributed by atoms with Gasteiger partial charge in [0.25, 0.3) is 17.7 Å². The molecular weight excluding hydrogens is 422 g/mol. The Morgan fingerprint density at radius 3 is 2.25 bits per heavy atom. The zero-order valence-electron chi connectivity index (χ0n) is 16.3. The van der Waals surface area contributed by atoms with Gasteiger partial charge in [0, 0.05) is 6.07 Å². The second-order valence-electron chi connectivity index (χ2n) is 6.79. The van der Waals surface area contributed by atoms with Gasteiger partial charge < -0.3 is 10.1 Å². The summed E-state index contributed by atoms with van der Waals surface area (Å²) in [5.41, 5.74) is 0.276. The number of rotatable bonds is 5. The maximum Gasteiger partial charge on any atom is 0.338 e. The Bertz CT molecular complexity index is 1240. The van der Waals surface area contributed by atoms with Gasteiger partial charge in [-0.3, -0.25) is 14.4 Å². The molecule has 7 nitrogen and oxygen atoms in total. The molecule has 0 bridgehead atoms. The van der Waals surface area contributed by atoms with Gasteiger partial charge in [-0.05, 0) is 42.5 Å². The van der Waals surface area contributed by atoms with Crippen molar-refractivity contribution in [2.75, 3.05) is 16.8 Å². The summed E-state index contributed by atoms with van der Waals surface area (Å²) < 4.78 is 31.7. The third-order valence-corrected chi connectivity index (χ3v) is 4.67. The molecule has 0 saturated heterocycles. The SMILES string of the molecule is O=C(COC(=O)c1cccc(N2C(=O)c3ccccc3C2=O)c1)Nc1cc(F)ccc1F. The number of halogens is 2. The second-order valence-corrected chi connectivity index (χ2v) is 6.79. The average molecular weight is 436 g/mol. The van der Waals surface area contributed by atoms with Crippen LogP contribution in [0.4, 0.5) is 20.2 Å². The maximum absolute atomic E-state index is 13.6. The van der Waals surface area contributed by atoms with Gasteiger partial charge in [-0.15, -0.1) is 0 Å². The minimum absolute atomic E-state index is 0.0104. The number of nitrogens with one attached hydrogen (secondary N) is 1. The molecule has 32 heavy (non-hydrogen) atoms. The summed E-state index contributed by atoms with van der Waals surface area (Å²) in [4.78, 5) is 50.4. The van der Waals surface area contributed by atoms with E-state index in [9.17, 15) is 28.0 Å². The Balaban J connectivity index is 1.44. The Kier molecular flexibility index (Phi) is 5.46. The molecule has 1 heterocycles. The summed E-state index contributed by atoms with van der Waals surface area (Å²) >= 11 is 0. The highest BCUT2D eigenvalue weighted by molar-refractivity contribution is 6.34. The number of carbonyl (C=O) groups is 4. The zero-order valence-corrected chi connectivity index (χ0v) is 16.3. The lowest BCUT2D eigenvalue weighted by molar-refractivity contribution is -0.119. The summed E-state index contributed by atoms with van der Waals surface area (Å²) in [7, 11) is 0. The number of carbonyl (C=O) groups excluding carboxylic acids is 4. The average Bonchev–Trinajstić information content (AvgIpc) is 3.05. The number of anilines is 2. The molecular formula is C23H14F2N2O5. The van der Waals surface area contributed by atoms with Crippen molar-refractivity contribution in [2.24, 2.45) is 0 Å². The van der Waals surface area contributed by atoms with Crippen LogP contribution in [0.2, 0.25) is 0 Å². The number of benzene rings is 3. The van der Waals surface area contributed by atoms with Gasteiger partial charge in [0.2, 0.25) is 0 Å². The minimum atomic E-state index is -0.904. The molecule has 0 radical (unpaired) electrons. The molecule has 1 aliphatic heterocycles. The molecule has 0 atom stereocenters. The number of esters is 1. The normalized spacial score (nSPS) is 12.5. The lowest BCUT2D eigenvalue weighted by atomic mass is 10.1. The molecule has 0 fully saturated rings. The van der Waals surface area contributed by atoms with E-state index in [2.05, 4.69) is 5.32 Å². The lowest BCUT2D eigenvalue weighted by Crippen LogP contribution is -2.29. The van der Waals surface area contributed by atoms with Crippen LogP contribution in [0, 0.1) is 11.6 Å². The zero-order chi connectivity index (χ0) is 22.8. The molecule has 3 aromatic rings. The van der Waals surface area contributed by atoms with Crippen LogP contribution in [0.5, 0.6) is 0 Å². The minimum Gasteiger partial charge on any atom is -0.452 e. The van der Waals surface area contributed by atoms with Crippen molar-refractivity contribution < 1.29 is 32.7 Å². The van der Waals surface area contributed by atoms with Crippen molar-refractivity contribution in [3.63, 3.8) is 0 Å². The second kappa shape index (κ2) is 8.38. The van der Waals surface area contributed by atoms with E-state index in [0.717, 1.165) is 23.1 Å². The number of imide groups is 1. The number of nitrogens with zero attached hydrogens (tertiary/aromatic N) is 1. The van der Waals surface area contributed by atoms with Crippen molar-refractivity contribution in [1.29, 1.82) is 0 Å².